The van der Waals surface area contributed by atoms with Gasteiger partial charge in [0.1, 0.15) is 0 Å². The lowest BCUT2D eigenvalue weighted by Gasteiger charge is -2.01. The van der Waals surface area contributed by atoms with Crippen molar-refractivity contribution in [1.29, 1.82) is 0 Å². The van der Waals surface area contributed by atoms with E-state index in [1.165, 1.54) is 6.08 Å². The fourth-order valence-electron chi connectivity index (χ4n) is 1.92. The van der Waals surface area contributed by atoms with Gasteiger partial charge in [-0.3, -0.25) is 14.9 Å². The van der Waals surface area contributed by atoms with Crippen LogP contribution in [-0.2, 0) is 9.59 Å². The number of H-pyrrole nitrogens is 1. The van der Waals surface area contributed by atoms with Gasteiger partial charge in [-0.1, -0.05) is 18.2 Å². The number of para-hydroxylation sites is 1. The molecule has 0 radical (unpaired) electrons. The molecule has 0 spiro atoms. The number of aromatic nitrogens is 1. The third-order valence-electron chi connectivity index (χ3n) is 2.63. The predicted octanol–water partition coefficient (Wildman–Crippen LogP) is 1.21. The molecule has 78 valence electrons. The number of fused-ring (bicyclic) bond motifs is 1. The standard InChI is InChI=1S/C12H8N2O2/c15-10-6-9(12(16)14-10)8-3-1-2-7-4-5-13-11(7)8/h1-6,13H,(H,14,15,16). The Kier molecular flexibility index (Phi) is 1.71. The largest absolute Gasteiger partial charge is 0.361 e. The summed E-state index contributed by atoms with van der Waals surface area (Å²) < 4.78 is 0. The molecule has 1 aliphatic heterocycles. The van der Waals surface area contributed by atoms with E-state index in [2.05, 4.69) is 10.3 Å². The zero-order chi connectivity index (χ0) is 11.1. The Morgan fingerprint density at radius 3 is 2.69 bits per heavy atom. The molecule has 2 N–H and O–H groups in total. The molecule has 0 atom stereocenters. The second-order valence-corrected chi connectivity index (χ2v) is 3.62. The van der Waals surface area contributed by atoms with Crippen LogP contribution in [0.25, 0.3) is 16.5 Å². The molecule has 1 aromatic carbocycles. The molecule has 0 bridgehead atoms. The van der Waals surface area contributed by atoms with Gasteiger partial charge < -0.3 is 4.98 Å². The zero-order valence-corrected chi connectivity index (χ0v) is 8.28. The van der Waals surface area contributed by atoms with E-state index in [1.54, 1.807) is 0 Å². The lowest BCUT2D eigenvalue weighted by atomic mass is 10.0. The third kappa shape index (κ3) is 1.16. The first-order valence-electron chi connectivity index (χ1n) is 4.89. The monoisotopic (exact) mass is 212 g/mol. The van der Waals surface area contributed by atoms with Gasteiger partial charge in [0.05, 0.1) is 11.1 Å². The Bertz CT molecular complexity index is 637. The van der Waals surface area contributed by atoms with Gasteiger partial charge in [-0.15, -0.1) is 0 Å². The molecule has 4 nitrogen and oxygen atoms in total. The summed E-state index contributed by atoms with van der Waals surface area (Å²) >= 11 is 0. The molecule has 0 saturated carbocycles. The van der Waals surface area contributed by atoms with Crippen LogP contribution in [-0.4, -0.2) is 16.8 Å². The van der Waals surface area contributed by atoms with E-state index in [4.69, 9.17) is 0 Å². The fourth-order valence-corrected chi connectivity index (χ4v) is 1.92. The summed E-state index contributed by atoms with van der Waals surface area (Å²) in [6, 6.07) is 7.56. The van der Waals surface area contributed by atoms with Crippen LogP contribution in [0, 0.1) is 0 Å². The van der Waals surface area contributed by atoms with Crippen molar-refractivity contribution in [2.75, 3.05) is 0 Å². The van der Waals surface area contributed by atoms with Crippen molar-refractivity contribution in [3.63, 3.8) is 0 Å². The molecule has 0 fully saturated rings. The molecule has 2 heterocycles. The maximum atomic E-state index is 11.5. The maximum absolute atomic E-state index is 11.5. The third-order valence-corrected chi connectivity index (χ3v) is 2.63. The Morgan fingerprint density at radius 1 is 1.06 bits per heavy atom. The normalized spacial score (nSPS) is 15.4. The SMILES string of the molecule is O=C1C=C(c2cccc3cc[nH]c23)C(=O)N1. The van der Waals surface area contributed by atoms with Crippen LogP contribution in [0.5, 0.6) is 0 Å². The van der Waals surface area contributed by atoms with Gasteiger partial charge in [-0.05, 0) is 11.5 Å². The highest BCUT2D eigenvalue weighted by atomic mass is 16.2. The number of hydrogen-bond donors (Lipinski definition) is 2. The highest BCUT2D eigenvalue weighted by Gasteiger charge is 2.23. The minimum atomic E-state index is -0.358. The minimum Gasteiger partial charge on any atom is -0.361 e. The average Bonchev–Trinajstić information content (AvgIpc) is 2.84. The summed E-state index contributed by atoms with van der Waals surface area (Å²) in [5.74, 6) is -0.698. The van der Waals surface area contributed by atoms with Gasteiger partial charge in [0, 0.05) is 17.8 Å². The molecule has 0 aliphatic carbocycles. The zero-order valence-electron chi connectivity index (χ0n) is 8.28. The summed E-state index contributed by atoms with van der Waals surface area (Å²) in [4.78, 5) is 25.7. The molecular weight excluding hydrogens is 204 g/mol. The molecular formula is C12H8N2O2. The van der Waals surface area contributed by atoms with Crippen molar-refractivity contribution in [1.82, 2.24) is 10.3 Å². The average molecular weight is 212 g/mol. The van der Waals surface area contributed by atoms with Crippen molar-refractivity contribution in [3.05, 3.63) is 42.1 Å². The fraction of sp³-hybridized carbons (Fsp3) is 0. The highest BCUT2D eigenvalue weighted by molar-refractivity contribution is 6.34. The van der Waals surface area contributed by atoms with Crippen molar-refractivity contribution in [3.8, 4) is 0 Å². The number of benzene rings is 1. The van der Waals surface area contributed by atoms with Crippen molar-refractivity contribution >= 4 is 28.3 Å². The van der Waals surface area contributed by atoms with Crippen LogP contribution in [0.3, 0.4) is 0 Å². The second-order valence-electron chi connectivity index (χ2n) is 3.62. The van der Waals surface area contributed by atoms with Crippen LogP contribution in [0.4, 0.5) is 0 Å². The summed E-state index contributed by atoms with van der Waals surface area (Å²) in [6.07, 6.45) is 3.14. The van der Waals surface area contributed by atoms with Gasteiger partial charge in [0.25, 0.3) is 11.8 Å². The molecule has 0 saturated heterocycles. The van der Waals surface area contributed by atoms with Gasteiger partial charge in [-0.2, -0.15) is 0 Å². The minimum absolute atomic E-state index is 0.341. The second kappa shape index (κ2) is 3.06. The van der Waals surface area contributed by atoms with E-state index < -0.39 is 0 Å². The number of hydrogen-bond acceptors (Lipinski definition) is 2. The summed E-state index contributed by atoms with van der Waals surface area (Å²) in [5, 5.41) is 3.26. The number of imide groups is 1. The summed E-state index contributed by atoms with van der Waals surface area (Å²) in [7, 11) is 0. The molecule has 3 rings (SSSR count). The number of nitrogens with one attached hydrogen (secondary N) is 2. The lowest BCUT2D eigenvalue weighted by molar-refractivity contribution is -0.123. The van der Waals surface area contributed by atoms with Crippen LogP contribution in [0.15, 0.2) is 36.5 Å². The predicted molar refractivity (Wildman–Crippen MR) is 59.4 cm³/mol. The topological polar surface area (TPSA) is 62.0 Å². The van der Waals surface area contributed by atoms with E-state index >= 15 is 0 Å². The van der Waals surface area contributed by atoms with E-state index in [9.17, 15) is 9.59 Å². The Labute approximate surface area is 91.0 Å². The van der Waals surface area contributed by atoms with Crippen LogP contribution in [0.2, 0.25) is 0 Å². The molecule has 1 aromatic heterocycles. The Morgan fingerprint density at radius 2 is 1.94 bits per heavy atom. The lowest BCUT2D eigenvalue weighted by Crippen LogP contribution is -2.21. The number of carbonyl (C=O) groups is 2. The van der Waals surface area contributed by atoms with E-state index in [0.717, 1.165) is 16.5 Å². The molecule has 4 heteroatoms. The molecule has 2 aromatic rings. The number of amides is 2. The first kappa shape index (κ1) is 8.91. The van der Waals surface area contributed by atoms with Crippen LogP contribution < -0.4 is 5.32 Å². The van der Waals surface area contributed by atoms with E-state index in [-0.39, 0.29) is 11.8 Å². The first-order valence-corrected chi connectivity index (χ1v) is 4.89. The smallest absolute Gasteiger partial charge is 0.258 e. The molecule has 1 aliphatic rings. The van der Waals surface area contributed by atoms with Crippen molar-refractivity contribution in [2.24, 2.45) is 0 Å². The number of carbonyl (C=O) groups excluding carboxylic acids is 2. The van der Waals surface area contributed by atoms with Crippen LogP contribution in [0.1, 0.15) is 5.56 Å². The first-order chi connectivity index (χ1) is 7.75. The van der Waals surface area contributed by atoms with Gasteiger partial charge in [0.2, 0.25) is 0 Å². The molecule has 16 heavy (non-hydrogen) atoms. The number of aromatic amines is 1. The van der Waals surface area contributed by atoms with Gasteiger partial charge in [-0.25, -0.2) is 0 Å². The maximum Gasteiger partial charge on any atom is 0.258 e. The van der Waals surface area contributed by atoms with Crippen molar-refractivity contribution in [2.45, 2.75) is 0 Å². The molecule has 0 unspecified atom stereocenters. The van der Waals surface area contributed by atoms with E-state index in [0.29, 0.717) is 5.57 Å². The van der Waals surface area contributed by atoms with Crippen molar-refractivity contribution < 1.29 is 9.59 Å². The highest BCUT2D eigenvalue weighted by Crippen LogP contribution is 2.25. The van der Waals surface area contributed by atoms with Gasteiger partial charge in [0.15, 0.2) is 0 Å². The molecule has 2 amide bonds. The number of rotatable bonds is 1. The Hall–Kier alpha value is -2.36. The van der Waals surface area contributed by atoms with Crippen LogP contribution >= 0.6 is 0 Å². The quantitative estimate of drug-likeness (QED) is 0.698. The summed E-state index contributed by atoms with van der Waals surface area (Å²) in [6.45, 7) is 0. The van der Waals surface area contributed by atoms with Gasteiger partial charge >= 0.3 is 0 Å². The van der Waals surface area contributed by atoms with E-state index in [1.807, 2.05) is 30.5 Å². The summed E-state index contributed by atoms with van der Waals surface area (Å²) in [5.41, 5.74) is 2.04. The Balaban J connectivity index is 2.27.